The van der Waals surface area contributed by atoms with Crippen molar-refractivity contribution in [2.24, 2.45) is 0 Å². The van der Waals surface area contributed by atoms with Crippen LogP contribution in [-0.2, 0) is 4.74 Å². The summed E-state index contributed by atoms with van der Waals surface area (Å²) in [7, 11) is 0. The van der Waals surface area contributed by atoms with Gasteiger partial charge in [-0.3, -0.25) is 0 Å². The Morgan fingerprint density at radius 1 is 1.40 bits per heavy atom. The van der Waals surface area contributed by atoms with Gasteiger partial charge in [0.05, 0.1) is 12.7 Å². The van der Waals surface area contributed by atoms with E-state index in [4.69, 9.17) is 9.47 Å². The van der Waals surface area contributed by atoms with Crippen LogP contribution in [0.4, 0.5) is 4.39 Å². The Balaban J connectivity index is 1.94. The second-order valence-corrected chi connectivity index (χ2v) is 5.92. The molecule has 0 amide bonds. The van der Waals surface area contributed by atoms with E-state index >= 15 is 0 Å². The summed E-state index contributed by atoms with van der Waals surface area (Å²) in [5, 5.41) is 3.50. The third-order valence-corrected chi connectivity index (χ3v) is 4.32. The smallest absolute Gasteiger partial charge is 0.127 e. The Kier molecular flexibility index (Phi) is 3.69. The molecule has 2 aliphatic rings. The standard InChI is InChI=1S/C16H22FNO2/c1-3-18-14-10-16(6-7-19-11(2)9-16)20-15-8-12(17)4-5-13(14)15/h4-5,8,11,14,18H,3,6-7,9-10H2,1-2H3. The van der Waals surface area contributed by atoms with Gasteiger partial charge in [-0.25, -0.2) is 4.39 Å². The van der Waals surface area contributed by atoms with Gasteiger partial charge in [-0.15, -0.1) is 0 Å². The van der Waals surface area contributed by atoms with Crippen LogP contribution in [0.25, 0.3) is 0 Å². The van der Waals surface area contributed by atoms with E-state index < -0.39 is 0 Å². The van der Waals surface area contributed by atoms with E-state index in [9.17, 15) is 4.39 Å². The molecule has 110 valence electrons. The van der Waals surface area contributed by atoms with Crippen LogP contribution in [-0.4, -0.2) is 24.9 Å². The van der Waals surface area contributed by atoms with Crippen molar-refractivity contribution in [2.45, 2.75) is 50.9 Å². The SMILES string of the molecule is CCNC1CC2(CCOC(C)C2)Oc2cc(F)ccc21. The van der Waals surface area contributed by atoms with Crippen LogP contribution < -0.4 is 10.1 Å². The lowest BCUT2D eigenvalue weighted by Crippen LogP contribution is -2.49. The van der Waals surface area contributed by atoms with Crippen LogP contribution in [0.15, 0.2) is 18.2 Å². The van der Waals surface area contributed by atoms with Crippen molar-refractivity contribution in [3.8, 4) is 5.75 Å². The molecule has 1 aromatic carbocycles. The van der Waals surface area contributed by atoms with E-state index in [2.05, 4.69) is 19.2 Å². The summed E-state index contributed by atoms with van der Waals surface area (Å²) in [6.07, 6.45) is 2.86. The molecule has 0 aromatic heterocycles. The van der Waals surface area contributed by atoms with Crippen molar-refractivity contribution in [2.75, 3.05) is 13.2 Å². The fourth-order valence-corrected chi connectivity index (χ4v) is 3.48. The number of halogens is 1. The predicted molar refractivity (Wildman–Crippen MR) is 75.4 cm³/mol. The summed E-state index contributed by atoms with van der Waals surface area (Å²) < 4.78 is 25.4. The molecule has 1 aromatic rings. The van der Waals surface area contributed by atoms with Gasteiger partial charge < -0.3 is 14.8 Å². The summed E-state index contributed by atoms with van der Waals surface area (Å²) in [6, 6.07) is 5.10. The van der Waals surface area contributed by atoms with Crippen LogP contribution in [0.5, 0.6) is 5.75 Å². The van der Waals surface area contributed by atoms with Crippen LogP contribution in [0.2, 0.25) is 0 Å². The zero-order valence-electron chi connectivity index (χ0n) is 12.1. The maximum atomic E-state index is 13.5. The number of nitrogens with one attached hydrogen (secondary N) is 1. The topological polar surface area (TPSA) is 30.5 Å². The van der Waals surface area contributed by atoms with Crippen molar-refractivity contribution >= 4 is 0 Å². The van der Waals surface area contributed by atoms with Gasteiger partial charge in [-0.2, -0.15) is 0 Å². The molecule has 0 aliphatic carbocycles. The Morgan fingerprint density at radius 3 is 3.00 bits per heavy atom. The average molecular weight is 279 g/mol. The van der Waals surface area contributed by atoms with Crippen LogP contribution in [0, 0.1) is 5.82 Å². The molecular formula is C16H22FNO2. The summed E-state index contributed by atoms with van der Waals surface area (Å²) in [4.78, 5) is 0. The minimum atomic E-state index is -0.240. The van der Waals surface area contributed by atoms with Crippen LogP contribution in [0.1, 0.15) is 44.7 Å². The summed E-state index contributed by atoms with van der Waals surface area (Å²) in [5.41, 5.74) is 0.851. The van der Waals surface area contributed by atoms with Gasteiger partial charge in [-0.05, 0) is 19.5 Å². The third kappa shape index (κ3) is 2.54. The number of benzene rings is 1. The van der Waals surface area contributed by atoms with Crippen molar-refractivity contribution in [1.82, 2.24) is 5.32 Å². The zero-order chi connectivity index (χ0) is 14.2. The third-order valence-electron chi connectivity index (χ3n) is 4.32. The molecule has 0 radical (unpaired) electrons. The lowest BCUT2D eigenvalue weighted by Gasteiger charge is -2.46. The van der Waals surface area contributed by atoms with Crippen molar-refractivity contribution < 1.29 is 13.9 Å². The lowest BCUT2D eigenvalue weighted by atomic mass is 9.80. The van der Waals surface area contributed by atoms with Gasteiger partial charge in [0.1, 0.15) is 17.2 Å². The minimum absolute atomic E-state index is 0.195. The highest BCUT2D eigenvalue weighted by molar-refractivity contribution is 5.39. The Labute approximate surface area is 119 Å². The number of hydrogen-bond acceptors (Lipinski definition) is 3. The van der Waals surface area contributed by atoms with Gasteiger partial charge in [0, 0.05) is 36.9 Å². The van der Waals surface area contributed by atoms with E-state index in [1.807, 2.05) is 6.07 Å². The summed E-state index contributed by atoms with van der Waals surface area (Å²) in [6.45, 7) is 5.78. The zero-order valence-corrected chi connectivity index (χ0v) is 12.1. The van der Waals surface area contributed by atoms with E-state index in [-0.39, 0.29) is 23.6 Å². The van der Waals surface area contributed by atoms with Crippen LogP contribution >= 0.6 is 0 Å². The molecule has 1 fully saturated rings. The molecule has 3 nitrogen and oxygen atoms in total. The first-order valence-corrected chi connectivity index (χ1v) is 7.45. The minimum Gasteiger partial charge on any atom is -0.487 e. The highest BCUT2D eigenvalue weighted by Gasteiger charge is 2.43. The van der Waals surface area contributed by atoms with Crippen molar-refractivity contribution in [1.29, 1.82) is 0 Å². The highest BCUT2D eigenvalue weighted by Crippen LogP contribution is 2.45. The monoisotopic (exact) mass is 279 g/mol. The Morgan fingerprint density at radius 2 is 2.25 bits per heavy atom. The maximum absolute atomic E-state index is 13.5. The normalized spacial score (nSPS) is 32.8. The quantitative estimate of drug-likeness (QED) is 0.902. The van der Waals surface area contributed by atoms with Gasteiger partial charge in [0.25, 0.3) is 0 Å². The molecule has 4 heteroatoms. The molecule has 1 saturated heterocycles. The molecule has 0 saturated carbocycles. The fraction of sp³-hybridized carbons (Fsp3) is 0.625. The number of hydrogen-bond donors (Lipinski definition) is 1. The fourth-order valence-electron chi connectivity index (χ4n) is 3.48. The Bertz CT molecular complexity index is 493. The number of ether oxygens (including phenoxy) is 2. The Hall–Kier alpha value is -1.13. The molecule has 20 heavy (non-hydrogen) atoms. The lowest BCUT2D eigenvalue weighted by molar-refractivity contribution is -0.0967. The van der Waals surface area contributed by atoms with Gasteiger partial charge >= 0.3 is 0 Å². The second-order valence-electron chi connectivity index (χ2n) is 5.92. The maximum Gasteiger partial charge on any atom is 0.127 e. The largest absolute Gasteiger partial charge is 0.487 e. The number of rotatable bonds is 2. The molecule has 3 unspecified atom stereocenters. The predicted octanol–water partition coefficient (Wildman–Crippen LogP) is 3.20. The van der Waals surface area contributed by atoms with Crippen LogP contribution in [0.3, 0.4) is 0 Å². The first kappa shape index (κ1) is 13.8. The molecule has 1 N–H and O–H groups in total. The molecule has 2 heterocycles. The molecule has 2 aliphatic heterocycles. The molecule has 3 atom stereocenters. The average Bonchev–Trinajstić information content (AvgIpc) is 2.38. The van der Waals surface area contributed by atoms with Gasteiger partial charge in [0.15, 0.2) is 0 Å². The second kappa shape index (κ2) is 5.34. The molecule has 3 rings (SSSR count). The van der Waals surface area contributed by atoms with E-state index in [1.54, 1.807) is 0 Å². The highest BCUT2D eigenvalue weighted by atomic mass is 19.1. The molecule has 1 spiro atoms. The number of fused-ring (bicyclic) bond motifs is 1. The van der Waals surface area contributed by atoms with E-state index in [0.717, 1.165) is 31.4 Å². The van der Waals surface area contributed by atoms with Gasteiger partial charge in [0.2, 0.25) is 0 Å². The first-order valence-electron chi connectivity index (χ1n) is 7.45. The molecule has 0 bridgehead atoms. The first-order chi connectivity index (χ1) is 9.62. The summed E-state index contributed by atoms with van der Waals surface area (Å²) in [5.74, 6) is 0.451. The van der Waals surface area contributed by atoms with E-state index in [1.165, 1.54) is 12.1 Å². The summed E-state index contributed by atoms with van der Waals surface area (Å²) >= 11 is 0. The van der Waals surface area contributed by atoms with Crippen molar-refractivity contribution in [3.05, 3.63) is 29.6 Å². The van der Waals surface area contributed by atoms with Crippen molar-refractivity contribution in [3.63, 3.8) is 0 Å². The van der Waals surface area contributed by atoms with Gasteiger partial charge in [-0.1, -0.05) is 13.0 Å². The molecular weight excluding hydrogens is 257 g/mol. The van der Waals surface area contributed by atoms with E-state index in [0.29, 0.717) is 12.4 Å².